The quantitative estimate of drug-likeness (QED) is 0.750. The van der Waals surface area contributed by atoms with Crippen LogP contribution in [0.5, 0.6) is 0 Å². The van der Waals surface area contributed by atoms with Crippen LogP contribution in [0.15, 0.2) is 30.3 Å². The molecule has 0 aliphatic carbocycles. The van der Waals surface area contributed by atoms with E-state index in [2.05, 4.69) is 11.8 Å². The lowest BCUT2D eigenvalue weighted by Gasteiger charge is -2.07. The van der Waals surface area contributed by atoms with Crippen LogP contribution in [0.1, 0.15) is 21.5 Å². The van der Waals surface area contributed by atoms with Crippen molar-refractivity contribution < 1.29 is 9.90 Å². The van der Waals surface area contributed by atoms with Crippen molar-refractivity contribution in [3.8, 4) is 24.7 Å². The second-order valence-electron chi connectivity index (χ2n) is 3.48. The number of benzene rings is 2. The molecule has 0 saturated carbocycles. The van der Waals surface area contributed by atoms with Crippen LogP contribution in [0.4, 0.5) is 0 Å². The number of fused-ring (bicyclic) bond motifs is 1. The summed E-state index contributed by atoms with van der Waals surface area (Å²) >= 11 is 0. The molecule has 1 N–H and O–H groups in total. The molecule has 0 aliphatic heterocycles. The molecule has 0 atom stereocenters. The Morgan fingerprint density at radius 1 is 1.06 bits per heavy atom. The third-order valence-corrected chi connectivity index (χ3v) is 2.58. The van der Waals surface area contributed by atoms with E-state index in [0.29, 0.717) is 21.9 Å². The summed E-state index contributed by atoms with van der Waals surface area (Å²) in [5.41, 5.74) is 1.35. The van der Waals surface area contributed by atoms with E-state index >= 15 is 0 Å². The molecular formula is C15H8O2. The molecule has 0 amide bonds. The maximum atomic E-state index is 11.2. The first-order valence-corrected chi connectivity index (χ1v) is 4.91. The number of aromatic carboxylic acids is 1. The van der Waals surface area contributed by atoms with Gasteiger partial charge in [0.15, 0.2) is 0 Å². The first-order chi connectivity index (χ1) is 8.19. The lowest BCUT2D eigenvalue weighted by Crippen LogP contribution is -2.00. The Hall–Kier alpha value is -2.71. The fourth-order valence-electron chi connectivity index (χ4n) is 1.83. The van der Waals surface area contributed by atoms with E-state index in [1.165, 1.54) is 6.07 Å². The second-order valence-corrected chi connectivity index (χ2v) is 3.48. The summed E-state index contributed by atoms with van der Waals surface area (Å²) in [6, 6.07) is 8.35. The van der Waals surface area contributed by atoms with Crippen molar-refractivity contribution in [1.29, 1.82) is 0 Å². The Balaban J connectivity index is 3.03. The maximum Gasteiger partial charge on any atom is 0.336 e. The summed E-state index contributed by atoms with van der Waals surface area (Å²) < 4.78 is 0. The molecule has 0 radical (unpaired) electrons. The van der Waals surface area contributed by atoms with Crippen molar-refractivity contribution >= 4 is 16.7 Å². The monoisotopic (exact) mass is 220 g/mol. The van der Waals surface area contributed by atoms with Crippen molar-refractivity contribution in [2.75, 3.05) is 0 Å². The van der Waals surface area contributed by atoms with Crippen molar-refractivity contribution in [3.63, 3.8) is 0 Å². The molecule has 0 aromatic heterocycles. The third kappa shape index (κ3) is 1.62. The fourth-order valence-corrected chi connectivity index (χ4v) is 1.83. The van der Waals surface area contributed by atoms with E-state index in [9.17, 15) is 4.79 Å². The number of hydrogen-bond acceptors (Lipinski definition) is 1. The van der Waals surface area contributed by atoms with E-state index in [0.717, 1.165) is 0 Å². The summed E-state index contributed by atoms with van der Waals surface area (Å²) in [6.45, 7) is 0. The molecule has 2 rings (SSSR count). The minimum atomic E-state index is -1.01. The van der Waals surface area contributed by atoms with Crippen LogP contribution in [-0.2, 0) is 0 Å². The predicted molar refractivity (Wildman–Crippen MR) is 66.8 cm³/mol. The average molecular weight is 220 g/mol. The van der Waals surface area contributed by atoms with Gasteiger partial charge >= 0.3 is 5.97 Å². The number of rotatable bonds is 1. The van der Waals surface area contributed by atoms with Gasteiger partial charge in [-0.15, -0.1) is 12.8 Å². The van der Waals surface area contributed by atoms with E-state index in [-0.39, 0.29) is 5.56 Å². The topological polar surface area (TPSA) is 37.3 Å². The van der Waals surface area contributed by atoms with Crippen LogP contribution in [-0.4, -0.2) is 11.1 Å². The van der Waals surface area contributed by atoms with Gasteiger partial charge in [-0.2, -0.15) is 0 Å². The van der Waals surface area contributed by atoms with Gasteiger partial charge in [0.05, 0.1) is 5.56 Å². The molecule has 0 fully saturated rings. The predicted octanol–water partition coefficient (Wildman–Crippen LogP) is 2.50. The van der Waals surface area contributed by atoms with Crippen LogP contribution in [0, 0.1) is 24.7 Å². The highest BCUT2D eigenvalue weighted by Crippen LogP contribution is 2.25. The van der Waals surface area contributed by atoms with E-state index in [1.54, 1.807) is 24.3 Å². The zero-order valence-electron chi connectivity index (χ0n) is 8.90. The van der Waals surface area contributed by atoms with Crippen molar-refractivity contribution in [2.45, 2.75) is 0 Å². The zero-order valence-corrected chi connectivity index (χ0v) is 8.90. The first-order valence-electron chi connectivity index (χ1n) is 4.91. The molecule has 2 nitrogen and oxygen atoms in total. The zero-order chi connectivity index (χ0) is 12.4. The Labute approximate surface area is 98.9 Å². The van der Waals surface area contributed by atoms with E-state index < -0.39 is 5.97 Å². The van der Waals surface area contributed by atoms with Crippen LogP contribution in [0.25, 0.3) is 10.8 Å². The lowest BCUT2D eigenvalue weighted by atomic mass is 9.96. The Kier molecular flexibility index (Phi) is 2.57. The highest BCUT2D eigenvalue weighted by atomic mass is 16.4. The van der Waals surface area contributed by atoms with E-state index in [1.807, 2.05) is 0 Å². The lowest BCUT2D eigenvalue weighted by molar-refractivity contribution is 0.0699. The molecule has 0 saturated heterocycles. The van der Waals surface area contributed by atoms with Gasteiger partial charge < -0.3 is 5.11 Å². The molecule has 0 unspecified atom stereocenters. The van der Waals surface area contributed by atoms with Crippen LogP contribution >= 0.6 is 0 Å². The normalized spacial score (nSPS) is 9.53. The number of terminal acetylenes is 2. The van der Waals surface area contributed by atoms with Gasteiger partial charge in [0.25, 0.3) is 0 Å². The smallest absolute Gasteiger partial charge is 0.336 e. The van der Waals surface area contributed by atoms with Gasteiger partial charge in [-0.25, -0.2) is 4.79 Å². The minimum absolute atomic E-state index is 0.174. The van der Waals surface area contributed by atoms with Gasteiger partial charge in [-0.1, -0.05) is 24.0 Å². The van der Waals surface area contributed by atoms with Gasteiger partial charge in [-0.05, 0) is 23.6 Å². The Bertz CT molecular complexity index is 697. The van der Waals surface area contributed by atoms with Crippen LogP contribution in [0.3, 0.4) is 0 Å². The first kappa shape index (κ1) is 10.8. The maximum absolute atomic E-state index is 11.2. The third-order valence-electron chi connectivity index (χ3n) is 2.58. The van der Waals surface area contributed by atoms with Gasteiger partial charge in [-0.3, -0.25) is 0 Å². The van der Waals surface area contributed by atoms with Gasteiger partial charge in [0.1, 0.15) is 0 Å². The molecule has 0 aliphatic rings. The molecule has 17 heavy (non-hydrogen) atoms. The number of carboxylic acids is 1. The standard InChI is InChI=1S/C15H8O2/c1-3-10-8-9-13(15(16)17)14-11(4-2)6-5-7-12(10)14/h1-2,5-9H,(H,16,17). The van der Waals surface area contributed by atoms with Crippen molar-refractivity contribution in [3.05, 3.63) is 47.0 Å². The molecule has 0 heterocycles. The van der Waals surface area contributed by atoms with Gasteiger partial charge in [0, 0.05) is 16.5 Å². The van der Waals surface area contributed by atoms with Crippen LogP contribution in [0.2, 0.25) is 0 Å². The summed E-state index contributed by atoms with van der Waals surface area (Å²) in [7, 11) is 0. The second kappa shape index (κ2) is 4.04. The summed E-state index contributed by atoms with van der Waals surface area (Å²) in [4.78, 5) is 11.2. The number of carbonyl (C=O) groups is 1. The Morgan fingerprint density at radius 2 is 1.76 bits per heavy atom. The van der Waals surface area contributed by atoms with Crippen molar-refractivity contribution in [2.24, 2.45) is 0 Å². The number of carboxylic acid groups (broad SMARTS) is 1. The highest BCUT2D eigenvalue weighted by Gasteiger charge is 2.12. The largest absolute Gasteiger partial charge is 0.478 e. The molecule has 80 valence electrons. The number of hydrogen-bond donors (Lipinski definition) is 1. The van der Waals surface area contributed by atoms with E-state index in [4.69, 9.17) is 18.0 Å². The van der Waals surface area contributed by atoms with Gasteiger partial charge in [0.2, 0.25) is 0 Å². The fraction of sp³-hybridized carbons (Fsp3) is 0. The molecule has 0 spiro atoms. The summed E-state index contributed by atoms with van der Waals surface area (Å²) in [5, 5.41) is 10.4. The highest BCUT2D eigenvalue weighted by molar-refractivity contribution is 6.07. The SMILES string of the molecule is C#Cc1ccc(C(=O)O)c2c(C#C)cccc12. The van der Waals surface area contributed by atoms with Crippen molar-refractivity contribution in [1.82, 2.24) is 0 Å². The molecule has 2 heteroatoms. The molecule has 0 bridgehead atoms. The molecular weight excluding hydrogens is 212 g/mol. The van der Waals surface area contributed by atoms with Crippen LogP contribution < -0.4 is 0 Å². The summed E-state index contributed by atoms with van der Waals surface area (Å²) in [5.74, 6) is 4.00. The average Bonchev–Trinajstić information content (AvgIpc) is 2.36. The molecule has 2 aromatic rings. The Morgan fingerprint density at radius 3 is 2.35 bits per heavy atom. The summed E-state index contributed by atoms with van der Waals surface area (Å²) in [6.07, 6.45) is 10.8. The minimum Gasteiger partial charge on any atom is -0.478 e. The molecule has 2 aromatic carbocycles.